The van der Waals surface area contributed by atoms with E-state index in [1.165, 1.54) is 27.9 Å². The fraction of sp³-hybridized carbons (Fsp3) is 0.333. The number of aryl methyl sites for hydroxylation is 1. The predicted molar refractivity (Wildman–Crippen MR) is 164 cm³/mol. The van der Waals surface area contributed by atoms with E-state index in [1.54, 1.807) is 6.20 Å². The third-order valence-corrected chi connectivity index (χ3v) is 8.09. The number of carbonyl (C=O) groups excluding carboxylic acids is 1. The Kier molecular flexibility index (Phi) is 9.87. The van der Waals surface area contributed by atoms with E-state index in [0.29, 0.717) is 13.1 Å². The van der Waals surface area contributed by atoms with Crippen molar-refractivity contribution in [2.24, 2.45) is 0 Å². The summed E-state index contributed by atoms with van der Waals surface area (Å²) in [5.74, 6) is -0.162. The molecule has 0 unspecified atom stereocenters. The summed E-state index contributed by atoms with van der Waals surface area (Å²) in [4.78, 5) is 22.2. The van der Waals surface area contributed by atoms with Crippen molar-refractivity contribution in [1.29, 1.82) is 5.26 Å². The maximum Gasteiger partial charge on any atom is 0.266 e. The lowest BCUT2D eigenvalue weighted by atomic mass is 9.96. The average molecular weight is 556 g/mol. The fourth-order valence-corrected chi connectivity index (χ4v) is 5.72. The van der Waals surface area contributed by atoms with Crippen LogP contribution in [0, 0.1) is 25.2 Å². The first kappa shape index (κ1) is 29.2. The fourth-order valence-electron chi connectivity index (χ4n) is 5.72. The topological polar surface area (TPSA) is 53.8 Å². The van der Waals surface area contributed by atoms with Crippen molar-refractivity contribution in [2.75, 3.05) is 57.3 Å². The Labute approximate surface area is 244 Å². The van der Waals surface area contributed by atoms with Gasteiger partial charge in [-0.25, -0.2) is 0 Å². The Morgan fingerprint density at radius 2 is 1.35 bits per heavy atom. The molecule has 208 valence electrons. The van der Waals surface area contributed by atoms with Crippen LogP contribution in [0.25, 0.3) is 0 Å². The number of rotatable bonds is 6. The van der Waals surface area contributed by atoms with Crippen LogP contribution in [-0.2, 0) is 4.79 Å². The van der Waals surface area contributed by atoms with Crippen molar-refractivity contribution < 1.29 is 4.79 Å². The smallest absolute Gasteiger partial charge is 0.266 e. The molecular weight excluding hydrogens is 518 g/mol. The van der Waals surface area contributed by atoms with Gasteiger partial charge < -0.3 is 14.7 Å². The molecule has 3 aromatic carbocycles. The van der Waals surface area contributed by atoms with Gasteiger partial charge in [0.1, 0.15) is 11.6 Å². The number of anilines is 1. The van der Waals surface area contributed by atoms with Gasteiger partial charge >= 0.3 is 0 Å². The number of amides is 1. The monoisotopic (exact) mass is 555 g/mol. The molecule has 0 aliphatic carbocycles. The van der Waals surface area contributed by atoms with Crippen molar-refractivity contribution in [3.63, 3.8) is 0 Å². The maximum absolute atomic E-state index is 13.4. The van der Waals surface area contributed by atoms with Crippen LogP contribution in [-0.4, -0.2) is 73.0 Å². The number of carbonyl (C=O) groups is 1. The average Bonchev–Trinajstić information content (AvgIpc) is 2.99. The zero-order chi connectivity index (χ0) is 27.2. The lowest BCUT2D eigenvalue weighted by Gasteiger charge is -2.40. The minimum atomic E-state index is -0.162. The van der Waals surface area contributed by atoms with Gasteiger partial charge in [0, 0.05) is 64.2 Å². The number of hydrogen-bond acceptors (Lipinski definition) is 5. The minimum Gasteiger partial charge on any atom is -0.373 e. The highest BCUT2D eigenvalue weighted by Gasteiger charge is 2.29. The van der Waals surface area contributed by atoms with Crippen LogP contribution < -0.4 is 4.90 Å². The number of nitriles is 1. The van der Waals surface area contributed by atoms with E-state index in [9.17, 15) is 10.1 Å². The summed E-state index contributed by atoms with van der Waals surface area (Å²) in [7, 11) is 0. The number of halogens is 1. The Hall–Kier alpha value is -3.79. The second-order valence-electron chi connectivity index (χ2n) is 10.4. The molecule has 0 N–H and O–H groups in total. The van der Waals surface area contributed by atoms with Crippen molar-refractivity contribution >= 4 is 24.0 Å². The van der Waals surface area contributed by atoms with Crippen LogP contribution in [0.15, 0.2) is 90.6 Å². The van der Waals surface area contributed by atoms with Crippen LogP contribution in [0.4, 0.5) is 5.69 Å². The summed E-state index contributed by atoms with van der Waals surface area (Å²) in [5.41, 5.74) is 6.62. The molecule has 0 spiro atoms. The molecule has 5 rings (SSSR count). The first-order valence-corrected chi connectivity index (χ1v) is 13.9. The van der Waals surface area contributed by atoms with Crippen molar-refractivity contribution in [3.05, 3.63) is 113 Å². The number of hydrogen-bond donors (Lipinski definition) is 0. The SMILES string of the molecule is Cc1cccc(N2CCN(/C=C(/C#N)C(=O)N3CCN(C(c4ccccc4)c4ccccc4)CC3)CC2)c1C.Cl. The highest BCUT2D eigenvalue weighted by Crippen LogP contribution is 2.30. The van der Waals surface area contributed by atoms with E-state index in [4.69, 9.17) is 0 Å². The molecule has 2 heterocycles. The normalized spacial score (nSPS) is 16.4. The third kappa shape index (κ3) is 6.50. The molecule has 7 heteroatoms. The van der Waals surface area contributed by atoms with Gasteiger partial charge in [0.25, 0.3) is 5.91 Å². The molecule has 40 heavy (non-hydrogen) atoms. The van der Waals surface area contributed by atoms with Crippen LogP contribution in [0.1, 0.15) is 28.3 Å². The van der Waals surface area contributed by atoms with Crippen LogP contribution in [0.2, 0.25) is 0 Å². The quantitative estimate of drug-likeness (QED) is 0.309. The summed E-state index contributed by atoms with van der Waals surface area (Å²) in [6.07, 6.45) is 1.78. The second-order valence-corrected chi connectivity index (χ2v) is 10.4. The Bertz CT molecular complexity index is 1300. The van der Waals surface area contributed by atoms with Crippen molar-refractivity contribution in [1.82, 2.24) is 14.7 Å². The summed E-state index contributed by atoms with van der Waals surface area (Å²) in [5, 5.41) is 9.88. The van der Waals surface area contributed by atoms with E-state index >= 15 is 0 Å². The second kappa shape index (κ2) is 13.5. The Morgan fingerprint density at radius 1 is 0.775 bits per heavy atom. The molecule has 2 saturated heterocycles. The predicted octanol–water partition coefficient (Wildman–Crippen LogP) is 5.19. The number of nitrogens with zero attached hydrogens (tertiary/aromatic N) is 5. The van der Waals surface area contributed by atoms with E-state index in [1.807, 2.05) is 17.0 Å². The van der Waals surface area contributed by atoms with Gasteiger partial charge in [0.2, 0.25) is 0 Å². The van der Waals surface area contributed by atoms with E-state index in [-0.39, 0.29) is 29.9 Å². The molecule has 3 aromatic rings. The molecule has 2 aliphatic rings. The van der Waals surface area contributed by atoms with Crippen LogP contribution in [0.3, 0.4) is 0 Å². The van der Waals surface area contributed by atoms with Crippen LogP contribution >= 0.6 is 12.4 Å². The molecule has 0 radical (unpaired) electrons. The zero-order valence-corrected chi connectivity index (χ0v) is 24.2. The number of benzene rings is 3. The largest absolute Gasteiger partial charge is 0.373 e. The Balaban J connectivity index is 0.00000370. The lowest BCUT2D eigenvalue weighted by Crippen LogP contribution is -2.50. The van der Waals surface area contributed by atoms with Gasteiger partial charge in [-0.15, -0.1) is 12.4 Å². The summed E-state index contributed by atoms with van der Waals surface area (Å²) >= 11 is 0. The minimum absolute atomic E-state index is 0. The molecule has 0 bridgehead atoms. The first-order valence-electron chi connectivity index (χ1n) is 13.9. The number of piperazine rings is 2. The lowest BCUT2D eigenvalue weighted by molar-refractivity contribution is -0.128. The molecule has 6 nitrogen and oxygen atoms in total. The highest BCUT2D eigenvalue weighted by molar-refractivity contribution is 5.97. The van der Waals surface area contributed by atoms with Gasteiger partial charge in [-0.1, -0.05) is 72.8 Å². The van der Waals surface area contributed by atoms with E-state index in [0.717, 1.165) is 39.3 Å². The van der Waals surface area contributed by atoms with Gasteiger partial charge in [-0.05, 0) is 42.2 Å². The zero-order valence-electron chi connectivity index (χ0n) is 23.4. The van der Waals surface area contributed by atoms with Crippen LogP contribution in [0.5, 0.6) is 0 Å². The Morgan fingerprint density at radius 3 is 1.90 bits per heavy atom. The highest BCUT2D eigenvalue weighted by atomic mass is 35.5. The standard InChI is InChI=1S/C33H37N5O.ClH/c1-26-10-9-15-31(27(26)2)36-18-16-35(17-19-36)25-30(24-34)33(39)38-22-20-37(21-23-38)32(28-11-5-3-6-12-28)29-13-7-4-8-14-29;/h3-15,25,32H,16-23H2,1-2H3;1H/b30-25-;. The van der Waals surface area contributed by atoms with E-state index < -0.39 is 0 Å². The van der Waals surface area contributed by atoms with Crippen molar-refractivity contribution in [2.45, 2.75) is 19.9 Å². The molecule has 0 aromatic heterocycles. The van der Waals surface area contributed by atoms with Gasteiger partial charge in [0.15, 0.2) is 0 Å². The molecule has 2 aliphatic heterocycles. The first-order chi connectivity index (χ1) is 19.0. The molecule has 1 amide bonds. The maximum atomic E-state index is 13.4. The molecule has 0 saturated carbocycles. The molecular formula is C33H38ClN5O. The summed E-state index contributed by atoms with van der Waals surface area (Å²) in [6, 6.07) is 29.9. The summed E-state index contributed by atoms with van der Waals surface area (Å²) in [6.45, 7) is 10.4. The van der Waals surface area contributed by atoms with Gasteiger partial charge in [-0.3, -0.25) is 9.69 Å². The van der Waals surface area contributed by atoms with Crippen molar-refractivity contribution in [3.8, 4) is 6.07 Å². The van der Waals surface area contributed by atoms with E-state index in [2.05, 4.69) is 101 Å². The van der Waals surface area contributed by atoms with Gasteiger partial charge in [-0.2, -0.15) is 5.26 Å². The summed E-state index contributed by atoms with van der Waals surface area (Å²) < 4.78 is 0. The third-order valence-electron chi connectivity index (χ3n) is 8.09. The molecule has 0 atom stereocenters. The van der Waals surface area contributed by atoms with Gasteiger partial charge in [0.05, 0.1) is 6.04 Å². The molecule has 2 fully saturated rings.